The van der Waals surface area contributed by atoms with Crippen LogP contribution in [0.1, 0.15) is 33.6 Å². The fourth-order valence-corrected chi connectivity index (χ4v) is 6.42. The number of halogens is 2. The fourth-order valence-electron chi connectivity index (χ4n) is 4.65. The zero-order valence-corrected chi connectivity index (χ0v) is 20.3. The third kappa shape index (κ3) is 3.52. The van der Waals surface area contributed by atoms with Crippen LogP contribution in [0.15, 0.2) is 35.0 Å². The Morgan fingerprint density at radius 2 is 2.15 bits per heavy atom. The Balaban J connectivity index is 1.44. The highest BCUT2D eigenvalue weighted by Gasteiger charge is 2.35. The second kappa shape index (κ2) is 8.48. The molecular formula is C24H21Cl2N3O4S. The van der Waals surface area contributed by atoms with Crippen molar-refractivity contribution in [3.05, 3.63) is 62.9 Å². The maximum atomic E-state index is 10.7. The lowest BCUT2D eigenvalue weighted by atomic mass is 9.99. The van der Waals surface area contributed by atoms with E-state index in [9.17, 15) is 10.2 Å². The summed E-state index contributed by atoms with van der Waals surface area (Å²) in [5.74, 6) is 1.38. The van der Waals surface area contributed by atoms with Gasteiger partial charge >= 0.3 is 0 Å². The summed E-state index contributed by atoms with van der Waals surface area (Å²) in [6.45, 7) is 1.13. The Kier molecular flexibility index (Phi) is 5.55. The minimum absolute atomic E-state index is 0.126. The zero-order valence-electron chi connectivity index (χ0n) is 18.0. The standard InChI is InChI=1S/C24H21Cl2N3O4S/c25-10-24(31,11-30)20-8-18-23(34-20)14(1-4-28-18)15-7-13(26)5-12-6-19(32-21(12)15)22-16-9-27-3-2-17(16)29-33-22/h1,4-5,7-8,19,27,30-31H,2-3,6,9-11H2/t19-,24?/m1/s1. The highest BCUT2D eigenvalue weighted by atomic mass is 35.5. The van der Waals surface area contributed by atoms with E-state index >= 15 is 0 Å². The van der Waals surface area contributed by atoms with Gasteiger partial charge in [0.15, 0.2) is 11.9 Å². The molecule has 0 saturated heterocycles. The average molecular weight is 518 g/mol. The first-order valence-corrected chi connectivity index (χ1v) is 12.7. The summed E-state index contributed by atoms with van der Waals surface area (Å²) in [6.07, 6.45) is 2.90. The summed E-state index contributed by atoms with van der Waals surface area (Å²) in [6, 6.07) is 7.49. The topological polar surface area (TPSA) is 101 Å². The van der Waals surface area contributed by atoms with Crippen molar-refractivity contribution in [3.8, 4) is 16.9 Å². The van der Waals surface area contributed by atoms with Crippen molar-refractivity contribution in [2.24, 2.45) is 0 Å². The van der Waals surface area contributed by atoms with Gasteiger partial charge < -0.3 is 24.8 Å². The number of benzene rings is 1. The molecule has 176 valence electrons. The molecule has 5 heterocycles. The Hall–Kier alpha value is -2.20. The summed E-state index contributed by atoms with van der Waals surface area (Å²) in [5, 5.41) is 28.7. The van der Waals surface area contributed by atoms with Crippen molar-refractivity contribution >= 4 is 44.8 Å². The molecule has 0 radical (unpaired) electrons. The predicted octanol–water partition coefficient (Wildman–Crippen LogP) is 4.35. The van der Waals surface area contributed by atoms with Gasteiger partial charge in [-0.15, -0.1) is 22.9 Å². The number of nitrogens with zero attached hydrogens (tertiary/aromatic N) is 2. The van der Waals surface area contributed by atoms with Gasteiger partial charge in [-0.1, -0.05) is 16.8 Å². The number of aliphatic hydroxyl groups excluding tert-OH is 1. The molecular weight excluding hydrogens is 497 g/mol. The number of nitrogens with one attached hydrogen (secondary N) is 1. The van der Waals surface area contributed by atoms with E-state index in [1.807, 2.05) is 18.2 Å². The van der Waals surface area contributed by atoms with Crippen LogP contribution in [0.4, 0.5) is 0 Å². The number of aromatic nitrogens is 2. The molecule has 7 nitrogen and oxygen atoms in total. The molecule has 0 fully saturated rings. The quantitative estimate of drug-likeness (QED) is 0.338. The number of rotatable bonds is 5. The van der Waals surface area contributed by atoms with Crippen LogP contribution in [-0.2, 0) is 25.0 Å². The highest BCUT2D eigenvalue weighted by Crippen LogP contribution is 2.48. The largest absolute Gasteiger partial charge is 0.481 e. The van der Waals surface area contributed by atoms with Gasteiger partial charge in [-0.3, -0.25) is 4.98 Å². The number of aliphatic hydroxyl groups is 2. The maximum absolute atomic E-state index is 10.7. The minimum atomic E-state index is -1.53. The van der Waals surface area contributed by atoms with Crippen molar-refractivity contribution in [2.75, 3.05) is 19.0 Å². The summed E-state index contributed by atoms with van der Waals surface area (Å²) in [7, 11) is 0. The molecule has 2 aliphatic rings. The first-order valence-electron chi connectivity index (χ1n) is 11.0. The van der Waals surface area contributed by atoms with E-state index in [2.05, 4.69) is 15.5 Å². The number of hydrogen-bond acceptors (Lipinski definition) is 8. The molecule has 2 atom stereocenters. The van der Waals surface area contributed by atoms with Gasteiger partial charge in [0.05, 0.1) is 28.4 Å². The maximum Gasteiger partial charge on any atom is 0.182 e. The molecule has 10 heteroatoms. The van der Waals surface area contributed by atoms with Crippen LogP contribution in [-0.4, -0.2) is 39.4 Å². The first-order chi connectivity index (χ1) is 16.5. The second-order valence-corrected chi connectivity index (χ2v) is 10.4. The van der Waals surface area contributed by atoms with Crippen LogP contribution < -0.4 is 10.1 Å². The van der Waals surface area contributed by atoms with Crippen LogP contribution in [0.5, 0.6) is 5.75 Å². The Labute approximate surface area is 209 Å². The van der Waals surface area contributed by atoms with Gasteiger partial charge in [0.1, 0.15) is 11.4 Å². The van der Waals surface area contributed by atoms with Crippen molar-refractivity contribution in [1.82, 2.24) is 15.5 Å². The molecule has 0 bridgehead atoms. The summed E-state index contributed by atoms with van der Waals surface area (Å²) < 4.78 is 13.1. The second-order valence-electron chi connectivity index (χ2n) is 8.66. The van der Waals surface area contributed by atoms with Crippen LogP contribution in [0, 0.1) is 0 Å². The Morgan fingerprint density at radius 1 is 1.26 bits per heavy atom. The van der Waals surface area contributed by atoms with Gasteiger partial charge in [-0.05, 0) is 24.3 Å². The molecule has 3 aromatic heterocycles. The lowest BCUT2D eigenvalue weighted by molar-refractivity contribution is 0.00406. The van der Waals surface area contributed by atoms with Gasteiger partial charge in [0.2, 0.25) is 0 Å². The molecule has 0 aliphatic carbocycles. The minimum Gasteiger partial charge on any atom is -0.481 e. The zero-order chi connectivity index (χ0) is 23.4. The van der Waals surface area contributed by atoms with Gasteiger partial charge in [-0.25, -0.2) is 0 Å². The first kappa shape index (κ1) is 22.3. The summed E-state index contributed by atoms with van der Waals surface area (Å²) in [5.41, 5.74) is 3.97. The third-order valence-electron chi connectivity index (χ3n) is 6.47. The Morgan fingerprint density at radius 3 is 2.97 bits per heavy atom. The van der Waals surface area contributed by atoms with Gasteiger partial charge in [0.25, 0.3) is 0 Å². The smallest absolute Gasteiger partial charge is 0.182 e. The van der Waals surface area contributed by atoms with E-state index in [1.54, 1.807) is 12.3 Å². The van der Waals surface area contributed by atoms with E-state index in [0.717, 1.165) is 63.7 Å². The van der Waals surface area contributed by atoms with Gasteiger partial charge in [-0.2, -0.15) is 0 Å². The highest BCUT2D eigenvalue weighted by molar-refractivity contribution is 7.19. The van der Waals surface area contributed by atoms with Crippen LogP contribution in [0.2, 0.25) is 5.02 Å². The molecule has 0 spiro atoms. The average Bonchev–Trinajstić information content (AvgIpc) is 3.58. The molecule has 6 rings (SSSR count). The van der Waals surface area contributed by atoms with Crippen LogP contribution in [0.3, 0.4) is 0 Å². The normalized spacial score (nSPS) is 19.0. The molecule has 34 heavy (non-hydrogen) atoms. The molecule has 0 saturated carbocycles. The SMILES string of the molecule is OCC(O)(CCl)c1cc2nccc(-c3cc(Cl)cc4c3O[C@@H](c3onc5c3CNCC5)C4)c2s1. The van der Waals surface area contributed by atoms with Crippen molar-refractivity contribution in [1.29, 1.82) is 0 Å². The molecule has 1 aromatic carbocycles. The number of pyridine rings is 1. The van der Waals surface area contributed by atoms with Crippen LogP contribution >= 0.6 is 34.5 Å². The number of hydrogen-bond donors (Lipinski definition) is 3. The molecule has 0 amide bonds. The fraction of sp³-hybridized carbons (Fsp3) is 0.333. The number of alkyl halides is 1. The lowest BCUT2D eigenvalue weighted by Crippen LogP contribution is -2.31. The van der Waals surface area contributed by atoms with Gasteiger partial charge in [0, 0.05) is 64.3 Å². The van der Waals surface area contributed by atoms with E-state index in [1.165, 1.54) is 11.3 Å². The summed E-state index contributed by atoms with van der Waals surface area (Å²) in [4.78, 5) is 5.01. The molecule has 1 unspecified atom stereocenters. The lowest BCUT2D eigenvalue weighted by Gasteiger charge is -2.20. The monoisotopic (exact) mass is 517 g/mol. The third-order valence-corrected chi connectivity index (χ3v) is 8.48. The van der Waals surface area contributed by atoms with Crippen molar-refractivity contribution < 1.29 is 19.5 Å². The number of thiophene rings is 1. The summed E-state index contributed by atoms with van der Waals surface area (Å²) >= 11 is 13.8. The molecule has 3 N–H and O–H groups in total. The number of fused-ring (bicyclic) bond motifs is 3. The van der Waals surface area contributed by atoms with Crippen molar-refractivity contribution in [3.63, 3.8) is 0 Å². The van der Waals surface area contributed by atoms with E-state index in [4.69, 9.17) is 32.5 Å². The van der Waals surface area contributed by atoms with Crippen LogP contribution in [0.25, 0.3) is 21.3 Å². The molecule has 2 aliphatic heterocycles. The molecule has 4 aromatic rings. The number of ether oxygens (including phenoxy) is 1. The predicted molar refractivity (Wildman–Crippen MR) is 131 cm³/mol. The van der Waals surface area contributed by atoms with Crippen molar-refractivity contribution in [2.45, 2.75) is 31.1 Å². The Bertz CT molecular complexity index is 1400. The van der Waals surface area contributed by atoms with E-state index in [0.29, 0.717) is 21.8 Å². The van der Waals surface area contributed by atoms with E-state index < -0.39 is 12.2 Å². The van der Waals surface area contributed by atoms with E-state index in [-0.39, 0.29) is 12.0 Å².